The van der Waals surface area contributed by atoms with Crippen LogP contribution < -0.4 is 0 Å². The van der Waals surface area contributed by atoms with E-state index in [1.165, 1.54) is 17.1 Å². The molecule has 1 rings (SSSR count). The summed E-state index contributed by atoms with van der Waals surface area (Å²) in [6, 6.07) is 0. The molecule has 6 heteroatoms. The highest BCUT2D eigenvalue weighted by Crippen LogP contribution is 2.09. The predicted octanol–water partition coefficient (Wildman–Crippen LogP) is 1.70. The molecule has 1 N–H and O–H groups in total. The number of carboxylic acid groups (broad SMARTS) is 1. The number of carboxylic acids is 1. The summed E-state index contributed by atoms with van der Waals surface area (Å²) in [7, 11) is 0. The van der Waals surface area contributed by atoms with Gasteiger partial charge >= 0.3 is 11.9 Å². The minimum Gasteiger partial charge on any atom is -0.478 e. The zero-order valence-electron chi connectivity index (χ0n) is 10.8. The third-order valence-electron chi connectivity index (χ3n) is 2.07. The van der Waals surface area contributed by atoms with Gasteiger partial charge in [-0.15, -0.1) is 0 Å². The van der Waals surface area contributed by atoms with Crippen LogP contribution in [0.2, 0.25) is 0 Å². The van der Waals surface area contributed by atoms with Crippen molar-refractivity contribution >= 4 is 11.9 Å². The molecule has 0 aliphatic heterocycles. The molecule has 0 saturated carbocycles. The Bertz CT molecular complexity index is 432. The van der Waals surface area contributed by atoms with E-state index in [1.807, 2.05) is 20.8 Å². The molecule has 6 nitrogen and oxygen atoms in total. The number of aromatic nitrogens is 2. The number of ether oxygens (including phenoxy) is 1. The van der Waals surface area contributed by atoms with Crippen LogP contribution in [0.15, 0.2) is 12.4 Å². The summed E-state index contributed by atoms with van der Waals surface area (Å²) in [6.45, 7) is 5.94. The molecule has 18 heavy (non-hydrogen) atoms. The van der Waals surface area contributed by atoms with E-state index in [0.717, 1.165) is 0 Å². The van der Waals surface area contributed by atoms with Crippen molar-refractivity contribution in [3.63, 3.8) is 0 Å². The summed E-state index contributed by atoms with van der Waals surface area (Å²) in [4.78, 5) is 22.0. The normalized spacial score (nSPS) is 11.3. The van der Waals surface area contributed by atoms with Crippen LogP contribution in [0.25, 0.3) is 0 Å². The monoisotopic (exact) mass is 254 g/mol. The Hall–Kier alpha value is -1.85. The Morgan fingerprint density at radius 2 is 2.11 bits per heavy atom. The van der Waals surface area contributed by atoms with Gasteiger partial charge < -0.3 is 9.84 Å². The molecule has 0 aliphatic rings. The lowest BCUT2D eigenvalue weighted by Gasteiger charge is -2.19. The highest BCUT2D eigenvalue weighted by atomic mass is 16.6. The van der Waals surface area contributed by atoms with E-state index in [2.05, 4.69) is 5.10 Å². The van der Waals surface area contributed by atoms with Crippen molar-refractivity contribution < 1.29 is 19.4 Å². The fourth-order valence-electron chi connectivity index (χ4n) is 1.37. The van der Waals surface area contributed by atoms with Gasteiger partial charge in [0.15, 0.2) is 0 Å². The van der Waals surface area contributed by atoms with E-state index in [0.29, 0.717) is 19.4 Å². The van der Waals surface area contributed by atoms with Crippen molar-refractivity contribution in [3.05, 3.63) is 18.0 Å². The highest BCUT2D eigenvalue weighted by Gasteiger charge is 2.15. The van der Waals surface area contributed by atoms with E-state index in [4.69, 9.17) is 9.84 Å². The molecule has 0 spiro atoms. The Kier molecular flexibility index (Phi) is 4.47. The molecule has 0 fully saturated rings. The van der Waals surface area contributed by atoms with Crippen molar-refractivity contribution in [1.29, 1.82) is 0 Å². The largest absolute Gasteiger partial charge is 0.478 e. The van der Waals surface area contributed by atoms with E-state index in [1.54, 1.807) is 0 Å². The lowest BCUT2D eigenvalue weighted by Crippen LogP contribution is -2.23. The zero-order valence-corrected chi connectivity index (χ0v) is 10.8. The second-order valence-electron chi connectivity index (χ2n) is 4.99. The smallest absolute Gasteiger partial charge is 0.338 e. The molecule has 0 bridgehead atoms. The second-order valence-corrected chi connectivity index (χ2v) is 4.99. The van der Waals surface area contributed by atoms with Gasteiger partial charge in [-0.1, -0.05) is 0 Å². The summed E-state index contributed by atoms with van der Waals surface area (Å²) in [5.74, 6) is -1.26. The quantitative estimate of drug-likeness (QED) is 0.809. The Morgan fingerprint density at radius 3 is 2.61 bits per heavy atom. The van der Waals surface area contributed by atoms with Crippen LogP contribution >= 0.6 is 0 Å². The number of aryl methyl sites for hydroxylation is 1. The van der Waals surface area contributed by atoms with Crippen LogP contribution in [0, 0.1) is 0 Å². The zero-order chi connectivity index (χ0) is 13.8. The average molecular weight is 254 g/mol. The topological polar surface area (TPSA) is 81.4 Å². The molecule has 0 aromatic carbocycles. The summed E-state index contributed by atoms with van der Waals surface area (Å²) >= 11 is 0. The number of aromatic carboxylic acids is 1. The lowest BCUT2D eigenvalue weighted by atomic mass is 10.2. The lowest BCUT2D eigenvalue weighted by molar-refractivity contribution is -0.154. The van der Waals surface area contributed by atoms with Crippen LogP contribution in [-0.2, 0) is 16.1 Å². The van der Waals surface area contributed by atoms with E-state index >= 15 is 0 Å². The first-order valence-corrected chi connectivity index (χ1v) is 5.75. The number of nitrogens with zero attached hydrogens (tertiary/aromatic N) is 2. The third-order valence-corrected chi connectivity index (χ3v) is 2.07. The predicted molar refractivity (Wildman–Crippen MR) is 64.3 cm³/mol. The molecule has 1 aromatic heterocycles. The van der Waals surface area contributed by atoms with Crippen molar-refractivity contribution in [2.45, 2.75) is 45.8 Å². The first-order chi connectivity index (χ1) is 8.28. The maximum absolute atomic E-state index is 11.4. The number of carbonyl (C=O) groups excluding carboxylic acids is 1. The molecule has 100 valence electrons. The summed E-state index contributed by atoms with van der Waals surface area (Å²) < 4.78 is 6.66. The summed E-state index contributed by atoms with van der Waals surface area (Å²) in [5, 5.41) is 12.6. The Labute approximate surface area is 106 Å². The molecule has 1 heterocycles. The second kappa shape index (κ2) is 5.66. The van der Waals surface area contributed by atoms with E-state index in [9.17, 15) is 9.59 Å². The van der Waals surface area contributed by atoms with Gasteiger partial charge in [0.1, 0.15) is 5.60 Å². The molecule has 0 aliphatic carbocycles. The number of carbonyl (C=O) groups is 2. The number of rotatable bonds is 5. The van der Waals surface area contributed by atoms with Crippen molar-refractivity contribution in [2.75, 3.05) is 0 Å². The molecule has 0 radical (unpaired) electrons. The number of hydrogen-bond acceptors (Lipinski definition) is 4. The highest BCUT2D eigenvalue weighted by molar-refractivity contribution is 5.86. The maximum Gasteiger partial charge on any atom is 0.338 e. The van der Waals surface area contributed by atoms with Crippen LogP contribution in [0.5, 0.6) is 0 Å². The summed E-state index contributed by atoms with van der Waals surface area (Å²) in [5.41, 5.74) is -0.327. The van der Waals surface area contributed by atoms with E-state index < -0.39 is 11.6 Å². The van der Waals surface area contributed by atoms with Crippen molar-refractivity contribution in [2.24, 2.45) is 0 Å². The molecule has 0 unspecified atom stereocenters. The number of hydrogen-bond donors (Lipinski definition) is 1. The van der Waals surface area contributed by atoms with Crippen LogP contribution in [-0.4, -0.2) is 32.4 Å². The van der Waals surface area contributed by atoms with Gasteiger partial charge in [0, 0.05) is 19.2 Å². The minimum atomic E-state index is -1.01. The Balaban J connectivity index is 2.33. The molecule has 0 amide bonds. The molecule has 0 saturated heterocycles. The van der Waals surface area contributed by atoms with Gasteiger partial charge in [0.2, 0.25) is 0 Å². The van der Waals surface area contributed by atoms with Crippen LogP contribution in [0.3, 0.4) is 0 Å². The number of esters is 1. The van der Waals surface area contributed by atoms with Crippen LogP contribution in [0.4, 0.5) is 0 Å². The molecular formula is C12H18N2O4. The van der Waals surface area contributed by atoms with Gasteiger partial charge in [-0.3, -0.25) is 9.48 Å². The van der Waals surface area contributed by atoms with Gasteiger partial charge in [0.05, 0.1) is 11.8 Å². The van der Waals surface area contributed by atoms with Gasteiger partial charge in [-0.25, -0.2) is 4.79 Å². The van der Waals surface area contributed by atoms with Crippen LogP contribution in [0.1, 0.15) is 44.0 Å². The van der Waals surface area contributed by atoms with Crippen molar-refractivity contribution in [3.8, 4) is 0 Å². The van der Waals surface area contributed by atoms with Gasteiger partial charge in [-0.05, 0) is 27.2 Å². The first kappa shape index (κ1) is 14.2. The molecule has 1 aromatic rings. The standard InChI is InChI=1S/C12H18N2O4/c1-12(2,3)18-10(15)5-4-6-14-8-9(7-13-14)11(16)17/h7-8H,4-6H2,1-3H3,(H,16,17). The third kappa shape index (κ3) is 4.99. The Morgan fingerprint density at radius 1 is 1.44 bits per heavy atom. The first-order valence-electron chi connectivity index (χ1n) is 5.75. The van der Waals surface area contributed by atoms with Gasteiger partial charge in [-0.2, -0.15) is 5.10 Å². The molecular weight excluding hydrogens is 236 g/mol. The average Bonchev–Trinajstić information content (AvgIpc) is 2.63. The van der Waals surface area contributed by atoms with E-state index in [-0.39, 0.29) is 11.5 Å². The summed E-state index contributed by atoms with van der Waals surface area (Å²) in [6.07, 6.45) is 3.59. The maximum atomic E-state index is 11.4. The SMILES string of the molecule is CC(C)(C)OC(=O)CCCn1cc(C(=O)O)cn1. The van der Waals surface area contributed by atoms with Crippen molar-refractivity contribution in [1.82, 2.24) is 9.78 Å². The fourth-order valence-corrected chi connectivity index (χ4v) is 1.37. The molecule has 0 atom stereocenters. The van der Waals surface area contributed by atoms with Gasteiger partial charge in [0.25, 0.3) is 0 Å². The fraction of sp³-hybridized carbons (Fsp3) is 0.583. The minimum absolute atomic E-state index is 0.146.